The fourth-order valence-corrected chi connectivity index (χ4v) is 3.02. The Balaban J connectivity index is 1.47. The number of fused-ring (bicyclic) bond motifs is 1. The second-order valence-corrected chi connectivity index (χ2v) is 5.90. The summed E-state index contributed by atoms with van der Waals surface area (Å²) in [6.07, 6.45) is 2.87. The van der Waals surface area contributed by atoms with Crippen LogP contribution in [0.4, 0.5) is 5.13 Å². The van der Waals surface area contributed by atoms with Crippen molar-refractivity contribution >= 4 is 22.4 Å². The summed E-state index contributed by atoms with van der Waals surface area (Å²) in [4.78, 5) is 20.2. The number of nitrogens with zero attached hydrogens (tertiary/aromatic N) is 4. The van der Waals surface area contributed by atoms with Gasteiger partial charge < -0.3 is 14.8 Å². The van der Waals surface area contributed by atoms with Crippen molar-refractivity contribution in [1.82, 2.24) is 19.7 Å². The molecule has 0 fully saturated rings. The van der Waals surface area contributed by atoms with Gasteiger partial charge >= 0.3 is 0 Å². The van der Waals surface area contributed by atoms with Crippen LogP contribution in [0.25, 0.3) is 11.3 Å². The van der Waals surface area contributed by atoms with Crippen molar-refractivity contribution in [2.75, 3.05) is 18.5 Å². The number of aromatic nitrogens is 4. The zero-order chi connectivity index (χ0) is 16.4. The maximum Gasteiger partial charge on any atom is 0.247 e. The molecular formula is C15H13N5O3S. The average molecular weight is 343 g/mol. The molecule has 0 bridgehead atoms. The molecule has 0 saturated carbocycles. The summed E-state index contributed by atoms with van der Waals surface area (Å²) >= 11 is 1.36. The molecule has 0 aliphatic carbocycles. The quantitative estimate of drug-likeness (QED) is 0.777. The molecule has 2 aromatic heterocycles. The van der Waals surface area contributed by atoms with E-state index in [1.165, 1.54) is 28.7 Å². The highest BCUT2D eigenvalue weighted by Crippen LogP contribution is 2.35. The average Bonchev–Trinajstić information content (AvgIpc) is 3.26. The summed E-state index contributed by atoms with van der Waals surface area (Å²) in [5.41, 5.74) is 1.68. The number of hydrogen-bond donors (Lipinski definition) is 1. The molecule has 24 heavy (non-hydrogen) atoms. The fraction of sp³-hybridized carbons (Fsp3) is 0.200. The van der Waals surface area contributed by atoms with E-state index in [1.807, 2.05) is 23.6 Å². The molecule has 122 valence electrons. The number of amides is 1. The molecule has 3 heterocycles. The van der Waals surface area contributed by atoms with Gasteiger partial charge in [0.15, 0.2) is 16.6 Å². The molecule has 1 N–H and O–H groups in total. The highest BCUT2D eigenvalue weighted by atomic mass is 32.1. The highest BCUT2D eigenvalue weighted by Gasteiger charge is 2.14. The summed E-state index contributed by atoms with van der Waals surface area (Å²) in [6.45, 7) is 1.20. The Morgan fingerprint density at radius 3 is 3.00 bits per heavy atom. The molecule has 4 rings (SSSR count). The fourth-order valence-electron chi connectivity index (χ4n) is 2.29. The Morgan fingerprint density at radius 1 is 1.29 bits per heavy atom. The molecule has 0 saturated heterocycles. The van der Waals surface area contributed by atoms with Crippen molar-refractivity contribution in [3.63, 3.8) is 0 Å². The Labute approximate surface area is 141 Å². The van der Waals surface area contributed by atoms with Crippen LogP contribution in [0.1, 0.15) is 0 Å². The summed E-state index contributed by atoms with van der Waals surface area (Å²) < 4.78 is 12.5. The van der Waals surface area contributed by atoms with E-state index >= 15 is 0 Å². The van der Waals surface area contributed by atoms with Crippen LogP contribution in [-0.4, -0.2) is 38.9 Å². The van der Waals surface area contributed by atoms with Crippen LogP contribution in [0.2, 0.25) is 0 Å². The third kappa shape index (κ3) is 3.06. The maximum absolute atomic E-state index is 11.9. The number of nitrogens with one attached hydrogen (secondary N) is 1. The van der Waals surface area contributed by atoms with Crippen LogP contribution >= 0.6 is 11.3 Å². The number of rotatable bonds is 4. The SMILES string of the molecule is O=C(Cn1cncn1)Nc1nc(-c2ccc3c(c2)OCCO3)cs1. The zero-order valence-electron chi connectivity index (χ0n) is 12.5. The second-order valence-electron chi connectivity index (χ2n) is 5.04. The normalized spacial score (nSPS) is 12.8. The van der Waals surface area contributed by atoms with Gasteiger partial charge in [0.2, 0.25) is 5.91 Å². The number of hydrogen-bond acceptors (Lipinski definition) is 7. The number of carbonyl (C=O) groups is 1. The van der Waals surface area contributed by atoms with Crippen LogP contribution in [0, 0.1) is 0 Å². The molecule has 1 aromatic carbocycles. The Bertz CT molecular complexity index is 862. The van der Waals surface area contributed by atoms with E-state index in [0.717, 1.165) is 17.0 Å². The Morgan fingerprint density at radius 2 is 2.17 bits per heavy atom. The summed E-state index contributed by atoms with van der Waals surface area (Å²) in [5, 5.41) is 9.07. The molecular weight excluding hydrogens is 330 g/mol. The van der Waals surface area contributed by atoms with Gasteiger partial charge in [-0.2, -0.15) is 5.10 Å². The molecule has 0 spiro atoms. The van der Waals surface area contributed by atoms with Crippen molar-refractivity contribution in [2.24, 2.45) is 0 Å². The van der Waals surface area contributed by atoms with Gasteiger partial charge in [-0.05, 0) is 18.2 Å². The van der Waals surface area contributed by atoms with Gasteiger partial charge in [-0.15, -0.1) is 11.3 Å². The van der Waals surface area contributed by atoms with Crippen molar-refractivity contribution < 1.29 is 14.3 Å². The molecule has 3 aromatic rings. The van der Waals surface area contributed by atoms with Gasteiger partial charge in [-0.25, -0.2) is 14.6 Å². The first kappa shape index (κ1) is 14.6. The molecule has 1 aliphatic heterocycles. The molecule has 0 radical (unpaired) electrons. The molecule has 8 nitrogen and oxygen atoms in total. The van der Waals surface area contributed by atoms with E-state index in [4.69, 9.17) is 9.47 Å². The summed E-state index contributed by atoms with van der Waals surface area (Å²) in [7, 11) is 0. The topological polar surface area (TPSA) is 91.2 Å². The number of ether oxygens (including phenoxy) is 2. The van der Waals surface area contributed by atoms with Crippen molar-refractivity contribution in [1.29, 1.82) is 0 Å². The van der Waals surface area contributed by atoms with Crippen molar-refractivity contribution in [3.05, 3.63) is 36.2 Å². The first-order valence-electron chi connectivity index (χ1n) is 7.26. The smallest absolute Gasteiger partial charge is 0.247 e. The second kappa shape index (κ2) is 6.28. The number of thiazole rings is 1. The van der Waals surface area contributed by atoms with Gasteiger partial charge in [0.25, 0.3) is 0 Å². The van der Waals surface area contributed by atoms with Crippen LogP contribution < -0.4 is 14.8 Å². The van der Waals surface area contributed by atoms with Gasteiger partial charge in [-0.3, -0.25) is 4.79 Å². The van der Waals surface area contributed by atoms with E-state index in [9.17, 15) is 4.79 Å². The molecule has 0 atom stereocenters. The van der Waals surface area contributed by atoms with Crippen molar-refractivity contribution in [3.8, 4) is 22.8 Å². The maximum atomic E-state index is 11.9. The predicted octanol–water partition coefficient (Wildman–Crippen LogP) is 1.81. The summed E-state index contributed by atoms with van der Waals surface area (Å²) in [5.74, 6) is 1.24. The Hall–Kier alpha value is -2.94. The zero-order valence-corrected chi connectivity index (χ0v) is 13.3. The minimum absolute atomic E-state index is 0.0962. The number of anilines is 1. The molecule has 1 amide bonds. The standard InChI is InChI=1S/C15H13N5O3S/c21-14(6-20-9-16-8-17-20)19-15-18-11(7-24-15)10-1-2-12-13(5-10)23-4-3-22-12/h1-2,5,7-9H,3-4,6H2,(H,18,19,21). The van der Waals surface area contributed by atoms with Crippen LogP contribution in [0.15, 0.2) is 36.2 Å². The highest BCUT2D eigenvalue weighted by molar-refractivity contribution is 7.14. The molecule has 1 aliphatic rings. The van der Waals surface area contributed by atoms with Gasteiger partial charge in [0, 0.05) is 10.9 Å². The van der Waals surface area contributed by atoms with E-state index in [-0.39, 0.29) is 12.5 Å². The van der Waals surface area contributed by atoms with E-state index < -0.39 is 0 Å². The third-order valence-corrected chi connectivity index (χ3v) is 4.12. The largest absolute Gasteiger partial charge is 0.486 e. The predicted molar refractivity (Wildman–Crippen MR) is 87.2 cm³/mol. The molecule has 9 heteroatoms. The monoisotopic (exact) mass is 343 g/mol. The molecule has 0 unspecified atom stereocenters. The lowest BCUT2D eigenvalue weighted by Crippen LogP contribution is -2.18. The van der Waals surface area contributed by atoms with Crippen molar-refractivity contribution in [2.45, 2.75) is 6.54 Å². The van der Waals surface area contributed by atoms with E-state index in [2.05, 4.69) is 20.4 Å². The van der Waals surface area contributed by atoms with Gasteiger partial charge in [0.1, 0.15) is 32.4 Å². The van der Waals surface area contributed by atoms with E-state index in [1.54, 1.807) is 0 Å². The minimum atomic E-state index is -0.205. The third-order valence-electron chi connectivity index (χ3n) is 3.36. The minimum Gasteiger partial charge on any atom is -0.486 e. The Kier molecular flexibility index (Phi) is 3.83. The van der Waals surface area contributed by atoms with Crippen LogP contribution in [-0.2, 0) is 11.3 Å². The number of benzene rings is 1. The van der Waals surface area contributed by atoms with Gasteiger partial charge in [0.05, 0.1) is 5.69 Å². The number of carbonyl (C=O) groups excluding carboxylic acids is 1. The first-order chi connectivity index (χ1) is 11.8. The van der Waals surface area contributed by atoms with Gasteiger partial charge in [-0.1, -0.05) is 0 Å². The first-order valence-corrected chi connectivity index (χ1v) is 8.14. The lowest BCUT2D eigenvalue weighted by molar-refractivity contribution is -0.116. The summed E-state index contributed by atoms with van der Waals surface area (Å²) in [6, 6.07) is 5.68. The van der Waals surface area contributed by atoms with Crippen LogP contribution in [0.3, 0.4) is 0 Å². The lowest BCUT2D eigenvalue weighted by Gasteiger charge is -2.18. The van der Waals surface area contributed by atoms with Crippen LogP contribution in [0.5, 0.6) is 11.5 Å². The van der Waals surface area contributed by atoms with E-state index in [0.29, 0.717) is 24.1 Å². The lowest BCUT2D eigenvalue weighted by atomic mass is 10.1.